The third kappa shape index (κ3) is 4.06. The quantitative estimate of drug-likeness (QED) is 0.879. The summed E-state index contributed by atoms with van der Waals surface area (Å²) in [6.07, 6.45) is 1.50. The van der Waals surface area contributed by atoms with Gasteiger partial charge in [0.25, 0.3) is 11.8 Å². The first-order chi connectivity index (χ1) is 12.0. The van der Waals surface area contributed by atoms with Gasteiger partial charge in [0.2, 0.25) is 5.91 Å². The summed E-state index contributed by atoms with van der Waals surface area (Å²) in [7, 11) is 0. The molecule has 0 radical (unpaired) electrons. The lowest BCUT2D eigenvalue weighted by Crippen LogP contribution is -2.44. The van der Waals surface area contributed by atoms with E-state index in [2.05, 4.69) is 5.32 Å². The fourth-order valence-electron chi connectivity index (χ4n) is 2.87. The Morgan fingerprint density at radius 1 is 1.16 bits per heavy atom. The molecule has 0 spiro atoms. The summed E-state index contributed by atoms with van der Waals surface area (Å²) in [6.45, 7) is 0.991. The third-order valence-corrected chi connectivity index (χ3v) is 5.11. The highest BCUT2D eigenvalue weighted by Gasteiger charge is 2.27. The van der Waals surface area contributed by atoms with Gasteiger partial charge in [0.1, 0.15) is 0 Å². The number of nitrogens with one attached hydrogen (secondary N) is 1. The highest BCUT2D eigenvalue weighted by molar-refractivity contribution is 7.12. The molecule has 1 fully saturated rings. The zero-order valence-electron chi connectivity index (χ0n) is 13.6. The fourth-order valence-corrected chi connectivity index (χ4v) is 3.49. The van der Waals surface area contributed by atoms with E-state index in [4.69, 9.17) is 5.73 Å². The Kier molecular flexibility index (Phi) is 5.14. The zero-order valence-corrected chi connectivity index (χ0v) is 14.4. The minimum atomic E-state index is -0.357. The van der Waals surface area contributed by atoms with Crippen LogP contribution in [0.4, 0.5) is 5.69 Å². The Bertz CT molecular complexity index is 771. The summed E-state index contributed by atoms with van der Waals surface area (Å²) in [5.74, 6) is -0.928. The van der Waals surface area contributed by atoms with E-state index in [1.54, 1.807) is 35.2 Å². The van der Waals surface area contributed by atoms with E-state index in [1.807, 2.05) is 11.4 Å². The highest BCUT2D eigenvalue weighted by atomic mass is 32.1. The molecular weight excluding hydrogens is 338 g/mol. The molecule has 1 aromatic carbocycles. The molecule has 1 aromatic heterocycles. The highest BCUT2D eigenvalue weighted by Crippen LogP contribution is 2.20. The molecule has 25 heavy (non-hydrogen) atoms. The Balaban J connectivity index is 1.64. The number of nitrogens with zero attached hydrogens (tertiary/aromatic N) is 1. The number of hydrogen-bond acceptors (Lipinski definition) is 4. The van der Waals surface area contributed by atoms with Crippen molar-refractivity contribution in [1.29, 1.82) is 0 Å². The molecule has 0 bridgehead atoms. The number of hydrogen-bond donors (Lipinski definition) is 2. The summed E-state index contributed by atoms with van der Waals surface area (Å²) in [6, 6.07) is 10.3. The number of piperidine rings is 1. The Labute approximate surface area is 149 Å². The molecule has 0 aliphatic carbocycles. The van der Waals surface area contributed by atoms with Crippen molar-refractivity contribution in [3.05, 3.63) is 52.2 Å². The number of carbonyl (C=O) groups excluding carboxylic acids is 3. The number of nitrogens with two attached hydrogens (primary N) is 1. The molecule has 1 saturated heterocycles. The van der Waals surface area contributed by atoms with Crippen molar-refractivity contribution < 1.29 is 14.4 Å². The summed E-state index contributed by atoms with van der Waals surface area (Å²) >= 11 is 1.37. The smallest absolute Gasteiger partial charge is 0.265 e. The lowest BCUT2D eigenvalue weighted by atomic mass is 9.97. The van der Waals surface area contributed by atoms with Gasteiger partial charge in [0.15, 0.2) is 0 Å². The second-order valence-electron chi connectivity index (χ2n) is 6.00. The molecule has 1 aliphatic heterocycles. The van der Waals surface area contributed by atoms with Gasteiger partial charge >= 0.3 is 0 Å². The molecule has 1 atom stereocenters. The van der Waals surface area contributed by atoms with Crippen LogP contribution in [0.5, 0.6) is 0 Å². The predicted octanol–water partition coefficient (Wildman–Crippen LogP) is 2.34. The van der Waals surface area contributed by atoms with Crippen LogP contribution in [0.25, 0.3) is 0 Å². The van der Waals surface area contributed by atoms with Crippen LogP contribution >= 0.6 is 11.3 Å². The number of anilines is 1. The summed E-state index contributed by atoms with van der Waals surface area (Å²) in [5, 5.41) is 4.64. The maximum Gasteiger partial charge on any atom is 0.265 e. The molecule has 0 unspecified atom stereocenters. The van der Waals surface area contributed by atoms with Crippen LogP contribution < -0.4 is 11.1 Å². The van der Waals surface area contributed by atoms with Crippen molar-refractivity contribution in [2.45, 2.75) is 12.8 Å². The van der Waals surface area contributed by atoms with E-state index < -0.39 is 0 Å². The van der Waals surface area contributed by atoms with E-state index in [0.29, 0.717) is 29.2 Å². The third-order valence-electron chi connectivity index (χ3n) is 4.25. The van der Waals surface area contributed by atoms with Gasteiger partial charge in [-0.05, 0) is 48.6 Å². The number of benzene rings is 1. The Hall–Kier alpha value is -2.67. The lowest BCUT2D eigenvalue weighted by molar-refractivity contribution is -0.123. The number of carbonyl (C=O) groups is 3. The van der Waals surface area contributed by atoms with E-state index >= 15 is 0 Å². The van der Waals surface area contributed by atoms with Crippen molar-refractivity contribution in [3.63, 3.8) is 0 Å². The minimum Gasteiger partial charge on any atom is -0.369 e. The monoisotopic (exact) mass is 357 g/mol. The Morgan fingerprint density at radius 3 is 2.56 bits per heavy atom. The van der Waals surface area contributed by atoms with Crippen LogP contribution in [-0.4, -0.2) is 35.7 Å². The van der Waals surface area contributed by atoms with Crippen molar-refractivity contribution in [3.8, 4) is 0 Å². The second kappa shape index (κ2) is 7.48. The van der Waals surface area contributed by atoms with Crippen molar-refractivity contribution >= 4 is 34.7 Å². The van der Waals surface area contributed by atoms with Gasteiger partial charge in [-0.25, -0.2) is 0 Å². The van der Waals surface area contributed by atoms with Crippen LogP contribution in [0, 0.1) is 5.92 Å². The van der Waals surface area contributed by atoms with Gasteiger partial charge in [-0.1, -0.05) is 6.07 Å². The van der Waals surface area contributed by atoms with Crippen LogP contribution in [0.2, 0.25) is 0 Å². The Morgan fingerprint density at radius 2 is 1.92 bits per heavy atom. The van der Waals surface area contributed by atoms with Gasteiger partial charge in [0, 0.05) is 24.3 Å². The average Bonchev–Trinajstić information content (AvgIpc) is 3.17. The van der Waals surface area contributed by atoms with E-state index in [0.717, 1.165) is 12.8 Å². The first-order valence-electron chi connectivity index (χ1n) is 8.08. The summed E-state index contributed by atoms with van der Waals surface area (Å²) < 4.78 is 0. The minimum absolute atomic E-state index is 0.123. The van der Waals surface area contributed by atoms with E-state index in [9.17, 15) is 14.4 Å². The van der Waals surface area contributed by atoms with Gasteiger partial charge in [-0.2, -0.15) is 0 Å². The number of likely N-dealkylation sites (tertiary alicyclic amines) is 1. The fraction of sp³-hybridized carbons (Fsp3) is 0.278. The largest absolute Gasteiger partial charge is 0.369 e. The van der Waals surface area contributed by atoms with Crippen LogP contribution in [0.3, 0.4) is 0 Å². The van der Waals surface area contributed by atoms with Gasteiger partial charge in [-0.3, -0.25) is 14.4 Å². The number of thiophene rings is 1. The molecule has 2 heterocycles. The molecule has 7 heteroatoms. The second-order valence-corrected chi connectivity index (χ2v) is 6.95. The van der Waals surface area contributed by atoms with Crippen LogP contribution in [0.1, 0.15) is 32.9 Å². The molecule has 6 nitrogen and oxygen atoms in total. The van der Waals surface area contributed by atoms with Crippen LogP contribution in [0.15, 0.2) is 41.8 Å². The van der Waals surface area contributed by atoms with Gasteiger partial charge in [-0.15, -0.1) is 11.3 Å². The number of rotatable bonds is 4. The maximum absolute atomic E-state index is 12.6. The summed E-state index contributed by atoms with van der Waals surface area (Å²) in [5.41, 5.74) is 6.51. The van der Waals surface area contributed by atoms with E-state index in [-0.39, 0.29) is 23.6 Å². The zero-order chi connectivity index (χ0) is 17.8. The molecule has 0 saturated carbocycles. The predicted molar refractivity (Wildman–Crippen MR) is 96.5 cm³/mol. The first kappa shape index (κ1) is 17.2. The van der Waals surface area contributed by atoms with Crippen molar-refractivity contribution in [2.24, 2.45) is 11.7 Å². The van der Waals surface area contributed by atoms with E-state index in [1.165, 1.54) is 11.3 Å². The maximum atomic E-state index is 12.6. The van der Waals surface area contributed by atoms with Gasteiger partial charge < -0.3 is 16.0 Å². The molecule has 3 rings (SSSR count). The average molecular weight is 357 g/mol. The first-order valence-corrected chi connectivity index (χ1v) is 8.96. The number of amides is 3. The normalized spacial score (nSPS) is 17.1. The SMILES string of the molecule is NC(=O)[C@@H]1CCCN(C(=O)c2ccc(NC(=O)c3cccs3)cc2)C1. The lowest BCUT2D eigenvalue weighted by Gasteiger charge is -2.31. The molecular formula is C18H19N3O3S. The molecule has 1 aliphatic rings. The molecule has 130 valence electrons. The molecule has 2 aromatic rings. The van der Waals surface area contributed by atoms with Crippen molar-refractivity contribution in [2.75, 3.05) is 18.4 Å². The standard InChI is InChI=1S/C18H19N3O3S/c19-16(22)13-3-1-9-21(11-13)18(24)12-5-7-14(8-6-12)20-17(23)15-4-2-10-25-15/h2,4-8,10,13H,1,3,9,11H2,(H2,19,22)(H,20,23)/t13-/m1/s1. The number of primary amides is 1. The topological polar surface area (TPSA) is 92.5 Å². The van der Waals surface area contributed by atoms with Gasteiger partial charge in [0.05, 0.1) is 10.8 Å². The van der Waals surface area contributed by atoms with Crippen LogP contribution in [-0.2, 0) is 4.79 Å². The van der Waals surface area contributed by atoms with Crippen molar-refractivity contribution in [1.82, 2.24) is 4.90 Å². The molecule has 3 amide bonds. The summed E-state index contributed by atoms with van der Waals surface area (Å²) in [4.78, 5) is 38.2. The molecule has 3 N–H and O–H groups in total.